The topological polar surface area (TPSA) is 147 Å². The number of aromatic amines is 1. The highest BCUT2D eigenvalue weighted by atomic mass is 35.5. The van der Waals surface area contributed by atoms with E-state index >= 15 is 0 Å². The maximum atomic E-state index is 14.1. The van der Waals surface area contributed by atoms with Crippen LogP contribution in [0.5, 0.6) is 5.75 Å². The standard InChI is InChI=1S/C20H23ClF3N7O3S/c1-19(8-26-9-19)31-35(32,33)15-5-10(3-4-14(15)34-2)16-12(20(22,23)24)6-11(7-13(16)21)27-18-28-17(25)29-30-18/h3-5,7,11,26,31H,6,8-9H2,1-2H3,(H4,25,27,28,29,30). The number of allylic oxidation sites excluding steroid dienone is 2. The van der Waals surface area contributed by atoms with Gasteiger partial charge in [-0.3, -0.25) is 0 Å². The summed E-state index contributed by atoms with van der Waals surface area (Å²) in [5, 5.41) is 11.7. The number of benzene rings is 1. The van der Waals surface area contributed by atoms with E-state index in [1.165, 1.54) is 25.3 Å². The summed E-state index contributed by atoms with van der Waals surface area (Å²) in [6.07, 6.45) is -3.86. The van der Waals surface area contributed by atoms with Crippen LogP contribution in [0.2, 0.25) is 0 Å². The number of H-pyrrole nitrogens is 1. The van der Waals surface area contributed by atoms with Crippen molar-refractivity contribution in [2.24, 2.45) is 0 Å². The van der Waals surface area contributed by atoms with E-state index in [9.17, 15) is 21.6 Å². The van der Waals surface area contributed by atoms with Gasteiger partial charge in [0.2, 0.25) is 21.9 Å². The molecule has 2 aromatic rings. The second-order valence-electron chi connectivity index (χ2n) is 8.50. The quantitative estimate of drug-likeness (QED) is 0.364. The zero-order chi connectivity index (χ0) is 25.6. The molecule has 35 heavy (non-hydrogen) atoms. The van der Waals surface area contributed by atoms with Gasteiger partial charge in [-0.1, -0.05) is 17.7 Å². The number of rotatable bonds is 7. The van der Waals surface area contributed by atoms with Gasteiger partial charge in [0.05, 0.1) is 18.7 Å². The zero-order valence-electron chi connectivity index (χ0n) is 18.6. The van der Waals surface area contributed by atoms with Crippen LogP contribution in [-0.4, -0.2) is 61.6 Å². The second kappa shape index (κ2) is 9.00. The Labute approximate surface area is 204 Å². The first-order valence-electron chi connectivity index (χ1n) is 10.4. The number of hydrogen-bond acceptors (Lipinski definition) is 8. The fraction of sp³-hybridized carbons (Fsp3) is 0.400. The Morgan fingerprint density at radius 1 is 1.31 bits per heavy atom. The molecule has 1 aromatic heterocycles. The van der Waals surface area contributed by atoms with Crippen LogP contribution in [0, 0.1) is 0 Å². The van der Waals surface area contributed by atoms with E-state index in [1.54, 1.807) is 6.92 Å². The van der Waals surface area contributed by atoms with Crippen LogP contribution >= 0.6 is 11.6 Å². The second-order valence-corrected chi connectivity index (χ2v) is 10.6. The predicted molar refractivity (Wildman–Crippen MR) is 124 cm³/mol. The number of nitrogens with zero attached hydrogens (tertiary/aromatic N) is 2. The number of nitrogens with one attached hydrogen (secondary N) is 4. The lowest BCUT2D eigenvalue weighted by Crippen LogP contribution is -2.66. The average molecular weight is 534 g/mol. The molecule has 15 heteroatoms. The van der Waals surface area contributed by atoms with Gasteiger partial charge in [0.15, 0.2) is 0 Å². The molecule has 190 valence electrons. The molecule has 0 amide bonds. The first kappa shape index (κ1) is 25.3. The average Bonchev–Trinajstić information content (AvgIpc) is 3.15. The normalized spacial score (nSPS) is 20.3. The van der Waals surface area contributed by atoms with E-state index in [2.05, 4.69) is 30.5 Å². The number of nitrogen functional groups attached to an aromatic ring is 1. The Balaban J connectivity index is 1.75. The molecule has 1 aromatic carbocycles. The lowest BCUT2D eigenvalue weighted by Gasteiger charge is -2.39. The van der Waals surface area contributed by atoms with Crippen LogP contribution in [0.4, 0.5) is 25.1 Å². The number of nitrogens with two attached hydrogens (primary N) is 1. The molecule has 6 N–H and O–H groups in total. The maximum absolute atomic E-state index is 14.1. The van der Waals surface area contributed by atoms with Gasteiger partial charge >= 0.3 is 6.18 Å². The first-order valence-corrected chi connectivity index (χ1v) is 12.2. The number of halogens is 4. The SMILES string of the molecule is COc1ccc(C2=C(C(F)(F)F)CC(Nc3n[nH]c(N)n3)C=C2Cl)cc1S(=O)(=O)NC1(C)CNC1. The third-order valence-electron chi connectivity index (χ3n) is 5.62. The van der Waals surface area contributed by atoms with Crippen molar-refractivity contribution >= 4 is 39.1 Å². The summed E-state index contributed by atoms with van der Waals surface area (Å²) in [7, 11) is -2.85. The van der Waals surface area contributed by atoms with Gasteiger partial charge in [-0.25, -0.2) is 18.2 Å². The molecule has 10 nitrogen and oxygen atoms in total. The molecule has 0 spiro atoms. The third-order valence-corrected chi connectivity index (χ3v) is 7.60. The Morgan fingerprint density at radius 3 is 2.57 bits per heavy atom. The van der Waals surface area contributed by atoms with E-state index in [1.807, 2.05) is 0 Å². The van der Waals surface area contributed by atoms with Gasteiger partial charge in [-0.15, -0.1) is 5.10 Å². The summed E-state index contributed by atoms with van der Waals surface area (Å²) in [5.41, 5.74) is 3.48. The number of anilines is 2. The molecular weight excluding hydrogens is 511 g/mol. The van der Waals surface area contributed by atoms with Crippen molar-refractivity contribution in [3.8, 4) is 5.75 Å². The number of aromatic nitrogens is 3. The van der Waals surface area contributed by atoms with Gasteiger partial charge < -0.3 is 21.1 Å². The summed E-state index contributed by atoms with van der Waals surface area (Å²) in [6, 6.07) is 2.90. The van der Waals surface area contributed by atoms with Crippen LogP contribution in [0.15, 0.2) is 39.8 Å². The van der Waals surface area contributed by atoms with Gasteiger partial charge in [0.1, 0.15) is 10.6 Å². The van der Waals surface area contributed by atoms with E-state index in [4.69, 9.17) is 22.1 Å². The Morgan fingerprint density at radius 2 is 2.03 bits per heavy atom. The maximum Gasteiger partial charge on any atom is 0.413 e. The van der Waals surface area contributed by atoms with E-state index in [-0.39, 0.29) is 38.7 Å². The minimum atomic E-state index is -4.75. The largest absolute Gasteiger partial charge is 0.495 e. The van der Waals surface area contributed by atoms with Crippen molar-refractivity contribution in [2.45, 2.75) is 36.0 Å². The fourth-order valence-corrected chi connectivity index (χ4v) is 5.92. The van der Waals surface area contributed by atoms with Gasteiger partial charge in [-0.05, 0) is 30.7 Å². The highest BCUT2D eigenvalue weighted by Crippen LogP contribution is 2.44. The number of methoxy groups -OCH3 is 1. The van der Waals surface area contributed by atoms with Crippen LogP contribution in [0.1, 0.15) is 18.9 Å². The number of hydrogen-bond donors (Lipinski definition) is 5. The molecule has 0 saturated carbocycles. The van der Waals surface area contributed by atoms with Crippen LogP contribution in [0.25, 0.3) is 5.57 Å². The summed E-state index contributed by atoms with van der Waals surface area (Å²) in [6.45, 7) is 2.55. The van der Waals surface area contributed by atoms with Crippen molar-refractivity contribution in [1.29, 1.82) is 0 Å². The highest BCUT2D eigenvalue weighted by molar-refractivity contribution is 7.89. The molecule has 0 radical (unpaired) electrons. The minimum absolute atomic E-state index is 0.00205. The fourth-order valence-electron chi connectivity index (χ4n) is 3.95. The number of sulfonamides is 1. The van der Waals surface area contributed by atoms with Crippen molar-refractivity contribution in [2.75, 3.05) is 31.2 Å². The molecule has 0 bridgehead atoms. The van der Waals surface area contributed by atoms with Crippen LogP contribution in [-0.2, 0) is 10.0 Å². The zero-order valence-corrected chi connectivity index (χ0v) is 20.2. The molecule has 1 fully saturated rings. The first-order chi connectivity index (χ1) is 16.3. The molecule has 2 heterocycles. The van der Waals surface area contributed by atoms with Gasteiger partial charge in [0.25, 0.3) is 0 Å². The molecule has 1 atom stereocenters. The Bertz CT molecular complexity index is 1300. The highest BCUT2D eigenvalue weighted by Gasteiger charge is 2.41. The molecule has 2 aliphatic rings. The molecule has 1 unspecified atom stereocenters. The predicted octanol–water partition coefficient (Wildman–Crippen LogP) is 2.36. The van der Waals surface area contributed by atoms with Crippen molar-refractivity contribution in [1.82, 2.24) is 25.2 Å². The number of alkyl halides is 3. The Hall–Kier alpha value is -2.81. The monoisotopic (exact) mass is 533 g/mol. The molecule has 1 aliphatic carbocycles. The smallest absolute Gasteiger partial charge is 0.413 e. The lowest BCUT2D eigenvalue weighted by molar-refractivity contribution is -0.0936. The Kier molecular flexibility index (Phi) is 6.51. The minimum Gasteiger partial charge on any atom is -0.495 e. The summed E-state index contributed by atoms with van der Waals surface area (Å²) >= 11 is 6.35. The van der Waals surface area contributed by atoms with E-state index in [0.717, 1.165) is 6.07 Å². The molecule has 1 aliphatic heterocycles. The molecule has 1 saturated heterocycles. The lowest BCUT2D eigenvalue weighted by atomic mass is 9.89. The molecule has 4 rings (SSSR count). The van der Waals surface area contributed by atoms with Gasteiger partial charge in [0, 0.05) is 35.7 Å². The van der Waals surface area contributed by atoms with Crippen LogP contribution in [0.3, 0.4) is 0 Å². The van der Waals surface area contributed by atoms with Crippen molar-refractivity contribution in [3.05, 3.63) is 40.4 Å². The van der Waals surface area contributed by atoms with E-state index < -0.39 is 39.8 Å². The number of ether oxygens (including phenoxy) is 1. The summed E-state index contributed by atoms with van der Waals surface area (Å²) < 4.78 is 76.4. The molecular formula is C20H23ClF3N7O3S. The van der Waals surface area contributed by atoms with E-state index in [0.29, 0.717) is 13.1 Å². The third kappa shape index (κ3) is 5.24. The van der Waals surface area contributed by atoms with Gasteiger partial charge in [-0.2, -0.15) is 18.2 Å². The van der Waals surface area contributed by atoms with Crippen molar-refractivity contribution < 1.29 is 26.3 Å². The van der Waals surface area contributed by atoms with Crippen LogP contribution < -0.4 is 25.8 Å². The summed E-state index contributed by atoms with van der Waals surface area (Å²) in [4.78, 5) is 3.54. The van der Waals surface area contributed by atoms with Crippen molar-refractivity contribution in [3.63, 3.8) is 0 Å². The summed E-state index contributed by atoms with van der Waals surface area (Å²) in [5.74, 6) is 0.00259.